The van der Waals surface area contributed by atoms with Crippen molar-refractivity contribution in [1.29, 1.82) is 0 Å². The Morgan fingerprint density at radius 3 is 2.27 bits per heavy atom. The summed E-state index contributed by atoms with van der Waals surface area (Å²) in [7, 11) is 0. The van der Waals surface area contributed by atoms with Gasteiger partial charge in [0.2, 0.25) is 0 Å². The highest BCUT2D eigenvalue weighted by Gasteiger charge is 2.07. The standard InChI is InChI=1S/C23H15ClN2/c24-20-10-11-22-21(14-20)25-23-12-9-19(15-26(22)23)18-8-4-7-17(13-18)16-5-2-1-3-6-16/h1-15H. The van der Waals surface area contributed by atoms with Crippen molar-refractivity contribution < 1.29 is 0 Å². The molecule has 5 rings (SSSR count). The molecule has 0 spiro atoms. The highest BCUT2D eigenvalue weighted by atomic mass is 35.5. The molecule has 2 nitrogen and oxygen atoms in total. The Balaban J connectivity index is 1.66. The van der Waals surface area contributed by atoms with Crippen LogP contribution in [0.3, 0.4) is 0 Å². The first-order valence-corrected chi connectivity index (χ1v) is 8.89. The quantitative estimate of drug-likeness (QED) is 0.355. The number of hydrogen-bond acceptors (Lipinski definition) is 1. The maximum absolute atomic E-state index is 6.10. The zero-order valence-corrected chi connectivity index (χ0v) is 14.7. The van der Waals surface area contributed by atoms with E-state index in [1.54, 1.807) is 0 Å². The van der Waals surface area contributed by atoms with Gasteiger partial charge in [0.1, 0.15) is 5.65 Å². The molecule has 0 aliphatic heterocycles. The van der Waals surface area contributed by atoms with Crippen molar-refractivity contribution in [3.8, 4) is 22.3 Å². The summed E-state index contributed by atoms with van der Waals surface area (Å²) in [5.41, 5.74) is 7.67. The van der Waals surface area contributed by atoms with Crippen molar-refractivity contribution in [3.63, 3.8) is 0 Å². The van der Waals surface area contributed by atoms with Crippen molar-refractivity contribution in [2.75, 3.05) is 0 Å². The van der Waals surface area contributed by atoms with Crippen LogP contribution in [0, 0.1) is 0 Å². The van der Waals surface area contributed by atoms with Gasteiger partial charge >= 0.3 is 0 Å². The molecule has 0 atom stereocenters. The summed E-state index contributed by atoms with van der Waals surface area (Å²) in [6.07, 6.45) is 2.14. The molecule has 0 unspecified atom stereocenters. The highest BCUT2D eigenvalue weighted by Crippen LogP contribution is 2.28. The molecule has 0 saturated carbocycles. The Morgan fingerprint density at radius 1 is 0.654 bits per heavy atom. The Kier molecular flexibility index (Phi) is 3.51. The van der Waals surface area contributed by atoms with Gasteiger partial charge in [-0.25, -0.2) is 4.98 Å². The minimum Gasteiger partial charge on any atom is -0.299 e. The fraction of sp³-hybridized carbons (Fsp3) is 0. The first-order chi connectivity index (χ1) is 12.8. The zero-order chi connectivity index (χ0) is 17.5. The molecular weight excluding hydrogens is 340 g/mol. The fourth-order valence-electron chi connectivity index (χ4n) is 3.37. The molecular formula is C23H15ClN2. The van der Waals surface area contributed by atoms with Crippen molar-refractivity contribution >= 4 is 28.3 Å². The van der Waals surface area contributed by atoms with E-state index in [9.17, 15) is 0 Å². The lowest BCUT2D eigenvalue weighted by atomic mass is 10.00. The second-order valence-electron chi connectivity index (χ2n) is 6.34. The van der Waals surface area contributed by atoms with Gasteiger partial charge in [-0.3, -0.25) is 4.40 Å². The Morgan fingerprint density at radius 2 is 1.42 bits per heavy atom. The number of halogens is 1. The lowest BCUT2D eigenvalue weighted by molar-refractivity contribution is 1.23. The Labute approximate surface area is 156 Å². The summed E-state index contributed by atoms with van der Waals surface area (Å²) >= 11 is 6.10. The number of pyridine rings is 1. The molecule has 0 aliphatic rings. The molecule has 0 radical (unpaired) electrons. The number of rotatable bonds is 2. The highest BCUT2D eigenvalue weighted by molar-refractivity contribution is 6.31. The molecule has 5 aromatic rings. The van der Waals surface area contributed by atoms with Gasteiger partial charge < -0.3 is 0 Å². The predicted molar refractivity (Wildman–Crippen MR) is 109 cm³/mol. The molecule has 3 aromatic carbocycles. The molecule has 2 aromatic heterocycles. The number of imidazole rings is 1. The van der Waals surface area contributed by atoms with Gasteiger partial charge in [-0.1, -0.05) is 60.1 Å². The number of benzene rings is 3. The summed E-state index contributed by atoms with van der Waals surface area (Å²) in [4.78, 5) is 4.65. The molecule has 0 aliphatic carbocycles. The van der Waals surface area contributed by atoms with Gasteiger partial charge in [0, 0.05) is 11.2 Å². The van der Waals surface area contributed by atoms with E-state index in [2.05, 4.69) is 76.2 Å². The van der Waals surface area contributed by atoms with Gasteiger partial charge in [-0.2, -0.15) is 0 Å². The summed E-state index contributed by atoms with van der Waals surface area (Å²) in [5, 5.41) is 0.705. The third-order valence-electron chi connectivity index (χ3n) is 4.66. The average Bonchev–Trinajstić information content (AvgIpc) is 3.05. The van der Waals surface area contributed by atoms with Gasteiger partial charge in [0.15, 0.2) is 0 Å². The van der Waals surface area contributed by atoms with Crippen LogP contribution in [0.15, 0.2) is 91.1 Å². The van der Waals surface area contributed by atoms with Crippen LogP contribution in [0.25, 0.3) is 38.9 Å². The Hall–Kier alpha value is -3.10. The van der Waals surface area contributed by atoms with Crippen molar-refractivity contribution in [2.24, 2.45) is 0 Å². The number of hydrogen-bond donors (Lipinski definition) is 0. The first-order valence-electron chi connectivity index (χ1n) is 8.51. The minimum absolute atomic E-state index is 0.705. The molecule has 3 heteroatoms. The number of aromatic nitrogens is 2. The topological polar surface area (TPSA) is 17.3 Å². The van der Waals surface area contributed by atoms with Crippen LogP contribution >= 0.6 is 11.6 Å². The first kappa shape index (κ1) is 15.2. The molecule has 26 heavy (non-hydrogen) atoms. The van der Waals surface area contributed by atoms with Crippen LogP contribution < -0.4 is 0 Å². The lowest BCUT2D eigenvalue weighted by Gasteiger charge is -2.07. The fourth-order valence-corrected chi connectivity index (χ4v) is 3.54. The minimum atomic E-state index is 0.705. The number of fused-ring (bicyclic) bond motifs is 3. The van der Waals surface area contributed by atoms with Gasteiger partial charge in [0.05, 0.1) is 11.0 Å². The van der Waals surface area contributed by atoms with Crippen LogP contribution in [-0.4, -0.2) is 9.38 Å². The average molecular weight is 355 g/mol. The van der Waals surface area contributed by atoms with Gasteiger partial charge in [-0.05, 0) is 58.7 Å². The van der Waals surface area contributed by atoms with E-state index in [0.29, 0.717) is 5.02 Å². The van der Waals surface area contributed by atoms with E-state index in [0.717, 1.165) is 22.2 Å². The second kappa shape index (κ2) is 6.01. The van der Waals surface area contributed by atoms with E-state index in [1.165, 1.54) is 16.7 Å². The molecule has 0 saturated heterocycles. The van der Waals surface area contributed by atoms with Crippen LogP contribution in [0.4, 0.5) is 0 Å². The van der Waals surface area contributed by atoms with Crippen molar-refractivity contribution in [1.82, 2.24) is 9.38 Å². The monoisotopic (exact) mass is 354 g/mol. The molecule has 2 heterocycles. The maximum atomic E-state index is 6.10. The van der Waals surface area contributed by atoms with Gasteiger partial charge in [0.25, 0.3) is 0 Å². The maximum Gasteiger partial charge on any atom is 0.137 e. The van der Waals surface area contributed by atoms with Crippen molar-refractivity contribution in [3.05, 3.63) is 96.1 Å². The normalized spacial score (nSPS) is 11.3. The zero-order valence-electron chi connectivity index (χ0n) is 13.9. The molecule has 0 fully saturated rings. The van der Waals surface area contributed by atoms with E-state index in [4.69, 9.17) is 11.6 Å². The van der Waals surface area contributed by atoms with E-state index in [-0.39, 0.29) is 0 Å². The smallest absolute Gasteiger partial charge is 0.137 e. The van der Waals surface area contributed by atoms with Crippen molar-refractivity contribution in [2.45, 2.75) is 0 Å². The van der Waals surface area contributed by atoms with Gasteiger partial charge in [-0.15, -0.1) is 0 Å². The van der Waals surface area contributed by atoms with Crippen LogP contribution in [0.1, 0.15) is 0 Å². The van der Waals surface area contributed by atoms with Crippen LogP contribution in [-0.2, 0) is 0 Å². The SMILES string of the molecule is Clc1ccc2c(c1)nc1ccc(-c3cccc(-c4ccccc4)c3)cn12. The van der Waals surface area contributed by atoms with E-state index < -0.39 is 0 Å². The van der Waals surface area contributed by atoms with E-state index in [1.807, 2.05) is 24.3 Å². The molecule has 124 valence electrons. The third kappa shape index (κ3) is 2.56. The molecule has 0 N–H and O–H groups in total. The Bertz CT molecular complexity index is 1240. The second-order valence-corrected chi connectivity index (χ2v) is 6.77. The third-order valence-corrected chi connectivity index (χ3v) is 4.90. The summed E-state index contributed by atoms with van der Waals surface area (Å²) in [6, 6.07) is 29.1. The molecule has 0 bridgehead atoms. The summed E-state index contributed by atoms with van der Waals surface area (Å²) < 4.78 is 2.12. The predicted octanol–water partition coefficient (Wildman–Crippen LogP) is 6.47. The largest absolute Gasteiger partial charge is 0.299 e. The van der Waals surface area contributed by atoms with Crippen LogP contribution in [0.2, 0.25) is 5.02 Å². The van der Waals surface area contributed by atoms with E-state index >= 15 is 0 Å². The summed E-state index contributed by atoms with van der Waals surface area (Å²) in [6.45, 7) is 0. The molecule has 0 amide bonds. The lowest BCUT2D eigenvalue weighted by Crippen LogP contribution is -1.87. The summed E-state index contributed by atoms with van der Waals surface area (Å²) in [5.74, 6) is 0. The van der Waals surface area contributed by atoms with Crippen LogP contribution in [0.5, 0.6) is 0 Å². The number of nitrogens with zero attached hydrogens (tertiary/aromatic N) is 2.